The number of carbonyl (C=O) groups is 7. The maximum atomic E-state index is 13.2. The second-order valence-corrected chi connectivity index (χ2v) is 11.1. The molecule has 0 spiro atoms. The topological polar surface area (TPSA) is 263 Å². The minimum Gasteiger partial charge on any atom is -0.480 e. The van der Waals surface area contributed by atoms with Gasteiger partial charge in [-0.15, -0.1) is 0 Å². The van der Waals surface area contributed by atoms with Crippen LogP contribution >= 0.6 is 0 Å². The Morgan fingerprint density at radius 3 is 2.09 bits per heavy atom. The molecule has 2 saturated heterocycles. The molecule has 6 amide bonds. The Balaban J connectivity index is 1.53. The van der Waals surface area contributed by atoms with Crippen molar-refractivity contribution in [2.45, 2.75) is 95.0 Å². The molecule has 6 atom stereocenters. The van der Waals surface area contributed by atoms with Gasteiger partial charge in [0.2, 0.25) is 35.4 Å². The largest absolute Gasteiger partial charge is 0.480 e. The number of rotatable bonds is 14. The van der Waals surface area contributed by atoms with Crippen molar-refractivity contribution in [3.05, 3.63) is 18.2 Å². The van der Waals surface area contributed by atoms with Gasteiger partial charge >= 0.3 is 5.97 Å². The number of H-pyrrole nitrogens is 1. The molecule has 242 valence electrons. The maximum absolute atomic E-state index is 13.2. The van der Waals surface area contributed by atoms with Gasteiger partial charge in [0.25, 0.3) is 0 Å². The minimum atomic E-state index is -1.35. The summed E-state index contributed by atoms with van der Waals surface area (Å²) in [6, 6.07) is -6.10. The molecule has 0 radical (unpaired) electrons. The van der Waals surface area contributed by atoms with Crippen molar-refractivity contribution in [2.24, 2.45) is 11.5 Å². The number of hydrogen-bond acceptors (Lipinski definition) is 9. The molecular formula is C27H41N9O8. The summed E-state index contributed by atoms with van der Waals surface area (Å²) in [5, 5.41) is 16.9. The lowest BCUT2D eigenvalue weighted by atomic mass is 10.1. The summed E-state index contributed by atoms with van der Waals surface area (Å²) in [6.45, 7) is 3.45. The second-order valence-electron chi connectivity index (χ2n) is 11.1. The van der Waals surface area contributed by atoms with E-state index in [1.807, 2.05) is 0 Å². The Morgan fingerprint density at radius 1 is 0.955 bits per heavy atom. The van der Waals surface area contributed by atoms with E-state index in [0.29, 0.717) is 31.5 Å². The predicted molar refractivity (Wildman–Crippen MR) is 153 cm³/mol. The number of amides is 6. The zero-order chi connectivity index (χ0) is 32.6. The molecule has 0 unspecified atom stereocenters. The van der Waals surface area contributed by atoms with Crippen molar-refractivity contribution < 1.29 is 38.7 Å². The molecule has 0 bridgehead atoms. The number of primary amides is 1. The molecule has 3 heterocycles. The Labute approximate surface area is 253 Å². The van der Waals surface area contributed by atoms with Crippen LogP contribution in [0.4, 0.5) is 0 Å². The van der Waals surface area contributed by atoms with Gasteiger partial charge in [-0.3, -0.25) is 28.8 Å². The van der Waals surface area contributed by atoms with Crippen LogP contribution in [0.15, 0.2) is 12.5 Å². The van der Waals surface area contributed by atoms with Crippen LogP contribution in [0.3, 0.4) is 0 Å². The van der Waals surface area contributed by atoms with Gasteiger partial charge in [-0.2, -0.15) is 0 Å². The van der Waals surface area contributed by atoms with Crippen molar-refractivity contribution in [3.63, 3.8) is 0 Å². The van der Waals surface area contributed by atoms with Crippen LogP contribution in [-0.2, 0) is 40.0 Å². The molecule has 1 aromatic rings. The maximum Gasteiger partial charge on any atom is 0.326 e. The first-order valence-electron chi connectivity index (χ1n) is 14.6. The van der Waals surface area contributed by atoms with Crippen LogP contribution in [0.2, 0.25) is 0 Å². The molecule has 0 aliphatic carbocycles. The van der Waals surface area contributed by atoms with Gasteiger partial charge in [-0.1, -0.05) is 0 Å². The molecule has 17 heteroatoms. The number of nitrogens with one attached hydrogen (secondary N) is 4. The first kappa shape index (κ1) is 34.0. The zero-order valence-corrected chi connectivity index (χ0v) is 24.8. The molecule has 44 heavy (non-hydrogen) atoms. The average Bonchev–Trinajstić information content (AvgIpc) is 3.76. The van der Waals surface area contributed by atoms with Gasteiger partial charge in [0.1, 0.15) is 30.2 Å². The van der Waals surface area contributed by atoms with Crippen LogP contribution in [0, 0.1) is 0 Å². The van der Waals surface area contributed by atoms with Gasteiger partial charge in [-0.05, 0) is 46.0 Å². The number of likely N-dealkylation sites (tertiary alicyclic amines) is 2. The SMILES string of the molecule is C[C@H](NC(=O)[C@@H]1CCCN1C(=O)[C@@H](N)Cc1cnc[nH]1)C(=O)N[C@@H](C)C(=O)N1CCC[C@H]1C(=O)N[C@@H](CCC(N)=O)C(=O)O. The van der Waals surface area contributed by atoms with Crippen LogP contribution < -0.4 is 27.4 Å². The molecule has 17 nitrogen and oxygen atoms in total. The highest BCUT2D eigenvalue weighted by molar-refractivity contribution is 5.96. The fraction of sp³-hybridized carbons (Fsp3) is 0.630. The summed E-state index contributed by atoms with van der Waals surface area (Å²) in [4.78, 5) is 97.0. The molecule has 2 aliphatic heterocycles. The number of aromatic nitrogens is 2. The second kappa shape index (κ2) is 15.3. The lowest BCUT2D eigenvalue weighted by Crippen LogP contribution is -2.57. The molecule has 0 saturated carbocycles. The summed E-state index contributed by atoms with van der Waals surface area (Å²) in [5.41, 5.74) is 11.9. The van der Waals surface area contributed by atoms with Gasteiger partial charge in [0.05, 0.1) is 12.4 Å². The first-order chi connectivity index (χ1) is 20.8. The molecule has 9 N–H and O–H groups in total. The fourth-order valence-corrected chi connectivity index (χ4v) is 5.38. The number of carbonyl (C=O) groups excluding carboxylic acids is 6. The highest BCUT2D eigenvalue weighted by Crippen LogP contribution is 2.20. The third-order valence-electron chi connectivity index (χ3n) is 7.76. The van der Waals surface area contributed by atoms with Crippen molar-refractivity contribution in [1.82, 2.24) is 35.7 Å². The third-order valence-corrected chi connectivity index (χ3v) is 7.76. The van der Waals surface area contributed by atoms with E-state index in [1.165, 1.54) is 30.0 Å². The highest BCUT2D eigenvalue weighted by Gasteiger charge is 2.39. The molecule has 2 fully saturated rings. The summed E-state index contributed by atoms with van der Waals surface area (Å²) < 4.78 is 0. The minimum absolute atomic E-state index is 0.197. The molecular weight excluding hydrogens is 578 g/mol. The Morgan fingerprint density at radius 2 is 1.55 bits per heavy atom. The van der Waals surface area contributed by atoms with Crippen LogP contribution in [0.25, 0.3) is 0 Å². The van der Waals surface area contributed by atoms with Gasteiger partial charge < -0.3 is 47.3 Å². The number of aromatic amines is 1. The summed E-state index contributed by atoms with van der Waals surface area (Å²) in [6.07, 6.45) is 4.60. The standard InChI is InChI=1S/C27H41N9O8/c1-14(32-23(39)19-5-4-10-36(19)26(42)17(28)11-16-12-30-13-31-16)22(38)33-15(2)25(41)35-9-3-6-20(35)24(40)34-18(27(43)44)7-8-21(29)37/h12-15,17-20H,3-11,28H2,1-2H3,(H2,29,37)(H,30,31)(H,32,39)(H,33,38)(H,34,40)(H,43,44)/t14-,15-,17-,18-,19-,20-/m0/s1. The van der Waals surface area contributed by atoms with Crippen molar-refractivity contribution in [2.75, 3.05) is 13.1 Å². The van der Waals surface area contributed by atoms with Crippen molar-refractivity contribution >= 4 is 41.4 Å². The number of aliphatic carboxylic acids is 1. The number of hydrogen-bond donors (Lipinski definition) is 7. The van der Waals surface area contributed by atoms with E-state index >= 15 is 0 Å². The molecule has 1 aromatic heterocycles. The summed E-state index contributed by atoms with van der Waals surface area (Å²) in [7, 11) is 0. The van der Waals surface area contributed by atoms with Crippen molar-refractivity contribution in [3.8, 4) is 0 Å². The number of nitrogens with two attached hydrogens (primary N) is 2. The number of carboxylic acid groups (broad SMARTS) is 1. The number of nitrogens with zero attached hydrogens (tertiary/aromatic N) is 3. The van der Waals surface area contributed by atoms with E-state index in [9.17, 15) is 38.7 Å². The van der Waals surface area contributed by atoms with E-state index in [1.54, 1.807) is 6.20 Å². The molecule has 2 aliphatic rings. The Hall–Kier alpha value is -4.54. The van der Waals surface area contributed by atoms with Crippen molar-refractivity contribution in [1.29, 1.82) is 0 Å². The van der Waals surface area contributed by atoms with Crippen LogP contribution in [0.1, 0.15) is 58.1 Å². The zero-order valence-electron chi connectivity index (χ0n) is 24.8. The summed E-state index contributed by atoms with van der Waals surface area (Å²) >= 11 is 0. The van der Waals surface area contributed by atoms with E-state index in [4.69, 9.17) is 11.5 Å². The lowest BCUT2D eigenvalue weighted by molar-refractivity contribution is -0.145. The lowest BCUT2D eigenvalue weighted by Gasteiger charge is -2.29. The predicted octanol–water partition coefficient (Wildman–Crippen LogP) is -2.89. The fourth-order valence-electron chi connectivity index (χ4n) is 5.38. The summed E-state index contributed by atoms with van der Waals surface area (Å²) in [5.74, 6) is -4.85. The molecule has 3 rings (SSSR count). The van der Waals surface area contributed by atoms with E-state index in [0.717, 1.165) is 0 Å². The first-order valence-corrected chi connectivity index (χ1v) is 14.6. The van der Waals surface area contributed by atoms with E-state index in [-0.39, 0.29) is 38.1 Å². The third kappa shape index (κ3) is 8.75. The number of carboxylic acids is 1. The Kier molecular flexibility index (Phi) is 11.8. The number of imidazole rings is 1. The van der Waals surface area contributed by atoms with Gasteiger partial charge in [0, 0.05) is 37.8 Å². The van der Waals surface area contributed by atoms with Crippen LogP contribution in [-0.4, -0.2) is 116 Å². The monoisotopic (exact) mass is 619 g/mol. The van der Waals surface area contributed by atoms with Gasteiger partial charge in [0.15, 0.2) is 0 Å². The van der Waals surface area contributed by atoms with Crippen LogP contribution in [0.5, 0.6) is 0 Å². The van der Waals surface area contributed by atoms with Gasteiger partial charge in [-0.25, -0.2) is 9.78 Å². The average molecular weight is 620 g/mol. The van der Waals surface area contributed by atoms with E-state index in [2.05, 4.69) is 25.9 Å². The smallest absolute Gasteiger partial charge is 0.326 e. The highest BCUT2D eigenvalue weighted by atomic mass is 16.4. The van der Waals surface area contributed by atoms with E-state index < -0.39 is 71.8 Å². The normalized spacial score (nSPS) is 20.7. The quantitative estimate of drug-likeness (QED) is 0.112. The Bertz CT molecular complexity index is 1240. The molecule has 0 aromatic carbocycles.